The van der Waals surface area contributed by atoms with Gasteiger partial charge in [-0.05, 0) is 91.3 Å². The Morgan fingerprint density at radius 3 is 2.42 bits per heavy atom. The molecule has 0 heterocycles. The lowest BCUT2D eigenvalue weighted by molar-refractivity contribution is -0.126. The van der Waals surface area contributed by atoms with Gasteiger partial charge >= 0.3 is 0 Å². The van der Waals surface area contributed by atoms with Crippen LogP contribution in [0.2, 0.25) is 0 Å². The Bertz CT molecular complexity index is 982. The van der Waals surface area contributed by atoms with Crippen molar-refractivity contribution in [2.45, 2.75) is 79.6 Å². The van der Waals surface area contributed by atoms with Gasteiger partial charge in [-0.3, -0.25) is 9.59 Å². The van der Waals surface area contributed by atoms with Crippen molar-refractivity contribution in [1.82, 2.24) is 0 Å². The van der Waals surface area contributed by atoms with E-state index in [9.17, 15) is 9.90 Å². The SMILES string of the molecule is CC1=C(O)C(=O)C=C2C1=CC=C1C2(C)CCC2C3CC(C)CCC3(C)CCC12C.COC=O. The van der Waals surface area contributed by atoms with Crippen LogP contribution in [-0.4, -0.2) is 24.5 Å². The number of fused-ring (bicyclic) bond motifs is 7. The molecule has 33 heavy (non-hydrogen) atoms. The minimum Gasteiger partial charge on any atom is -0.504 e. The number of rotatable bonds is 1. The van der Waals surface area contributed by atoms with Gasteiger partial charge in [0, 0.05) is 11.0 Å². The molecule has 0 aromatic rings. The second-order valence-electron chi connectivity index (χ2n) is 11.9. The van der Waals surface area contributed by atoms with Crippen molar-refractivity contribution in [3.05, 3.63) is 46.3 Å². The fourth-order valence-corrected chi connectivity index (χ4v) is 8.08. The van der Waals surface area contributed by atoms with Crippen LogP contribution in [0.5, 0.6) is 0 Å². The summed E-state index contributed by atoms with van der Waals surface area (Å²) in [5.74, 6) is 2.13. The van der Waals surface area contributed by atoms with Crippen LogP contribution in [-0.2, 0) is 14.3 Å². The number of allylic oxidation sites excluding steroid dienone is 7. The summed E-state index contributed by atoms with van der Waals surface area (Å²) in [5, 5.41) is 10.2. The van der Waals surface area contributed by atoms with Gasteiger partial charge in [-0.25, -0.2) is 0 Å². The van der Waals surface area contributed by atoms with Gasteiger partial charge < -0.3 is 9.84 Å². The van der Waals surface area contributed by atoms with Gasteiger partial charge in [0.2, 0.25) is 5.78 Å². The van der Waals surface area contributed by atoms with E-state index in [-0.39, 0.29) is 22.4 Å². The average Bonchev–Trinajstić information content (AvgIpc) is 2.79. The zero-order chi connectivity index (χ0) is 24.2. The Balaban J connectivity index is 0.000000601. The van der Waals surface area contributed by atoms with Gasteiger partial charge in [-0.15, -0.1) is 0 Å². The van der Waals surface area contributed by atoms with Gasteiger partial charge in [0.15, 0.2) is 5.76 Å². The third kappa shape index (κ3) is 3.56. The maximum absolute atomic E-state index is 12.5. The molecule has 0 aromatic carbocycles. The number of hydrogen-bond acceptors (Lipinski definition) is 4. The number of carbonyl (C=O) groups is 2. The summed E-state index contributed by atoms with van der Waals surface area (Å²) in [6.45, 7) is 12.2. The molecule has 0 radical (unpaired) electrons. The van der Waals surface area contributed by atoms with E-state index < -0.39 is 0 Å². The van der Waals surface area contributed by atoms with Crippen molar-refractivity contribution >= 4 is 12.3 Å². The monoisotopic (exact) mass is 452 g/mol. The fraction of sp³-hybridized carbons (Fsp3) is 0.655. The smallest absolute Gasteiger partial charge is 0.292 e. The number of ether oxygens (including phenoxy) is 1. The molecule has 3 saturated carbocycles. The van der Waals surface area contributed by atoms with E-state index in [0.717, 1.165) is 40.9 Å². The molecule has 6 unspecified atom stereocenters. The number of ketones is 1. The van der Waals surface area contributed by atoms with Gasteiger partial charge in [0.05, 0.1) is 7.11 Å². The molecular formula is C29H40O4. The predicted molar refractivity (Wildman–Crippen MR) is 130 cm³/mol. The van der Waals surface area contributed by atoms with Crippen LogP contribution in [0, 0.1) is 34.0 Å². The van der Waals surface area contributed by atoms with Crippen LogP contribution in [0.15, 0.2) is 46.3 Å². The van der Waals surface area contributed by atoms with Crippen LogP contribution in [0.4, 0.5) is 0 Å². The number of hydrogen-bond donors (Lipinski definition) is 1. The Morgan fingerprint density at radius 1 is 1.06 bits per heavy atom. The van der Waals surface area contributed by atoms with Gasteiger partial charge in [0.1, 0.15) is 0 Å². The number of aliphatic hydroxyl groups is 1. The molecule has 5 aliphatic rings. The van der Waals surface area contributed by atoms with Gasteiger partial charge in [0.25, 0.3) is 6.47 Å². The van der Waals surface area contributed by atoms with E-state index in [1.165, 1.54) is 45.6 Å². The number of methoxy groups -OCH3 is 1. The maximum Gasteiger partial charge on any atom is 0.292 e. The van der Waals surface area contributed by atoms with Gasteiger partial charge in [-0.1, -0.05) is 51.8 Å². The quantitative estimate of drug-likeness (QED) is 0.453. The first-order valence-electron chi connectivity index (χ1n) is 12.6. The highest BCUT2D eigenvalue weighted by Crippen LogP contribution is 2.69. The molecule has 6 atom stereocenters. The number of aliphatic hydroxyl groups excluding tert-OH is 1. The normalized spacial score (nSPS) is 41.6. The Labute approximate surface area is 198 Å². The highest BCUT2D eigenvalue weighted by atomic mass is 16.5. The van der Waals surface area contributed by atoms with E-state index >= 15 is 0 Å². The Kier molecular flexibility index (Phi) is 6.04. The van der Waals surface area contributed by atoms with E-state index in [2.05, 4.69) is 44.6 Å². The molecule has 1 N–H and O–H groups in total. The first-order valence-corrected chi connectivity index (χ1v) is 12.6. The first-order chi connectivity index (χ1) is 15.5. The molecule has 0 aromatic heterocycles. The summed E-state index contributed by atoms with van der Waals surface area (Å²) in [6, 6.07) is 0. The summed E-state index contributed by atoms with van der Waals surface area (Å²) in [7, 11) is 1.31. The van der Waals surface area contributed by atoms with Crippen LogP contribution >= 0.6 is 0 Å². The van der Waals surface area contributed by atoms with Crippen molar-refractivity contribution in [2.75, 3.05) is 7.11 Å². The van der Waals surface area contributed by atoms with Crippen LogP contribution in [0.3, 0.4) is 0 Å². The molecule has 0 spiro atoms. The zero-order valence-corrected chi connectivity index (χ0v) is 21.2. The second kappa shape index (κ2) is 8.29. The summed E-state index contributed by atoms with van der Waals surface area (Å²) >= 11 is 0. The summed E-state index contributed by atoms with van der Waals surface area (Å²) < 4.78 is 3.86. The first kappa shape index (κ1) is 24.0. The van der Waals surface area contributed by atoms with E-state index in [1.54, 1.807) is 11.6 Å². The van der Waals surface area contributed by atoms with Crippen molar-refractivity contribution < 1.29 is 19.4 Å². The minimum atomic E-state index is -0.221. The van der Waals surface area contributed by atoms with E-state index in [0.29, 0.717) is 11.9 Å². The van der Waals surface area contributed by atoms with Crippen molar-refractivity contribution in [1.29, 1.82) is 0 Å². The molecule has 4 nitrogen and oxygen atoms in total. The molecule has 5 aliphatic carbocycles. The minimum absolute atomic E-state index is 0.0787. The van der Waals surface area contributed by atoms with Crippen molar-refractivity contribution in [2.24, 2.45) is 34.0 Å². The van der Waals surface area contributed by atoms with Crippen LogP contribution in [0.25, 0.3) is 0 Å². The Hall–Kier alpha value is -2.10. The van der Waals surface area contributed by atoms with Crippen LogP contribution < -0.4 is 0 Å². The van der Waals surface area contributed by atoms with Crippen molar-refractivity contribution in [3.8, 4) is 0 Å². The lowest BCUT2D eigenvalue weighted by Gasteiger charge is -2.64. The second-order valence-corrected chi connectivity index (χ2v) is 11.9. The molecule has 0 amide bonds. The molecule has 0 bridgehead atoms. The summed E-state index contributed by atoms with van der Waals surface area (Å²) in [6.07, 6.45) is 15.5. The molecule has 4 heteroatoms. The molecule has 3 fully saturated rings. The third-order valence-corrected chi connectivity index (χ3v) is 10.1. The van der Waals surface area contributed by atoms with Crippen LogP contribution in [0.1, 0.15) is 79.6 Å². The molecular weight excluding hydrogens is 412 g/mol. The standard InChI is InChI=1S/C27H36O2.C2H4O2/c1-16-8-10-25(3)12-13-27(5)19(21(25)14-16)9-11-26(4)20-15-22(28)24(29)17(2)18(20)6-7-23(26)27;1-4-2-3/h6-7,15-16,19,21,29H,8-14H2,1-5H3;2H,1H3. The highest BCUT2D eigenvalue weighted by molar-refractivity contribution is 6.06. The summed E-state index contributed by atoms with van der Waals surface area (Å²) in [5.41, 5.74) is 5.18. The average molecular weight is 453 g/mol. The maximum atomic E-state index is 12.5. The molecule has 0 saturated heterocycles. The molecule has 5 rings (SSSR count). The zero-order valence-electron chi connectivity index (χ0n) is 21.2. The van der Waals surface area contributed by atoms with Gasteiger partial charge in [-0.2, -0.15) is 0 Å². The molecule has 0 aliphatic heterocycles. The van der Waals surface area contributed by atoms with Crippen molar-refractivity contribution in [3.63, 3.8) is 0 Å². The fourth-order valence-electron chi connectivity index (χ4n) is 8.08. The lowest BCUT2D eigenvalue weighted by Crippen LogP contribution is -2.55. The van der Waals surface area contributed by atoms with E-state index in [4.69, 9.17) is 4.79 Å². The Morgan fingerprint density at radius 2 is 1.76 bits per heavy atom. The largest absolute Gasteiger partial charge is 0.504 e. The summed E-state index contributed by atoms with van der Waals surface area (Å²) in [4.78, 5) is 21.4. The predicted octanol–water partition coefficient (Wildman–Crippen LogP) is 6.64. The molecule has 180 valence electrons. The topological polar surface area (TPSA) is 63.6 Å². The lowest BCUT2D eigenvalue weighted by atomic mass is 9.40. The third-order valence-electron chi connectivity index (χ3n) is 10.1. The number of carbonyl (C=O) groups excluding carboxylic acids is 2. The highest BCUT2D eigenvalue weighted by Gasteiger charge is 2.60. The van der Waals surface area contributed by atoms with E-state index in [1.807, 2.05) is 6.92 Å².